The largest absolute Gasteiger partial charge is 0.481 e. The minimum atomic E-state index is -1.73. The number of rotatable bonds is 14. The van der Waals surface area contributed by atoms with Crippen LogP contribution in [0.25, 0.3) is 10.9 Å². The number of aromatic nitrogens is 1. The van der Waals surface area contributed by atoms with Gasteiger partial charge in [0.25, 0.3) is 0 Å². The summed E-state index contributed by atoms with van der Waals surface area (Å²) in [5.41, 5.74) is 12.5. The number of hydrogen-bond donors (Lipinski definition) is 9. The smallest absolute Gasteiger partial charge is 0.326 e. The molecule has 4 unspecified atom stereocenters. The van der Waals surface area contributed by atoms with Crippen molar-refractivity contribution >= 4 is 46.5 Å². The van der Waals surface area contributed by atoms with E-state index in [1.165, 1.54) is 0 Å². The van der Waals surface area contributed by atoms with E-state index in [9.17, 15) is 39.0 Å². The first kappa shape index (κ1) is 28.7. The number of hydrogen-bond acceptors (Lipinski definition) is 8. The quantitative estimate of drug-likeness (QED) is 0.121. The third-order valence-corrected chi connectivity index (χ3v) is 5.30. The number of aliphatic hydroxyl groups excluding tert-OH is 1. The molecule has 0 spiro atoms. The summed E-state index contributed by atoms with van der Waals surface area (Å²) in [4.78, 5) is 74.2. The number of nitrogens with two attached hydrogens (primary N) is 2. The number of carbonyl (C=O) groups excluding carboxylic acids is 4. The molecule has 0 saturated heterocycles. The molecule has 1 aromatic carbocycles. The van der Waals surface area contributed by atoms with Crippen LogP contribution in [0.2, 0.25) is 0 Å². The number of amides is 4. The Morgan fingerprint density at radius 1 is 0.865 bits per heavy atom. The van der Waals surface area contributed by atoms with Crippen LogP contribution >= 0.6 is 0 Å². The molecule has 0 radical (unpaired) electrons. The molecule has 11 N–H and O–H groups in total. The van der Waals surface area contributed by atoms with Crippen molar-refractivity contribution in [3.63, 3.8) is 0 Å². The summed E-state index contributed by atoms with van der Waals surface area (Å²) in [5.74, 6) is -7.24. The number of carboxylic acids is 2. The van der Waals surface area contributed by atoms with E-state index in [-0.39, 0.29) is 6.42 Å². The molecule has 0 bridgehead atoms. The van der Waals surface area contributed by atoms with Gasteiger partial charge in [0.1, 0.15) is 18.1 Å². The number of carboxylic acid groups (broad SMARTS) is 2. The lowest BCUT2D eigenvalue weighted by Crippen LogP contribution is -2.58. The summed E-state index contributed by atoms with van der Waals surface area (Å²) in [7, 11) is 0. The molecule has 0 aliphatic rings. The van der Waals surface area contributed by atoms with Crippen LogP contribution in [0.5, 0.6) is 0 Å². The van der Waals surface area contributed by atoms with Crippen LogP contribution < -0.4 is 27.4 Å². The Bertz CT molecular complexity index is 1180. The third-order valence-electron chi connectivity index (χ3n) is 5.30. The van der Waals surface area contributed by atoms with Gasteiger partial charge in [0.05, 0.1) is 25.5 Å². The van der Waals surface area contributed by atoms with Crippen molar-refractivity contribution in [2.45, 2.75) is 43.4 Å². The molecule has 1 heterocycles. The number of fused-ring (bicyclic) bond motifs is 1. The number of benzene rings is 1. The normalized spacial score (nSPS) is 14.1. The lowest BCUT2D eigenvalue weighted by molar-refractivity contribution is -0.144. The molecular formula is C22H28N6O9. The summed E-state index contributed by atoms with van der Waals surface area (Å²) < 4.78 is 0. The molecule has 0 aliphatic heterocycles. The molecule has 0 saturated carbocycles. The molecule has 2 aromatic rings. The minimum Gasteiger partial charge on any atom is -0.481 e. The zero-order valence-corrected chi connectivity index (χ0v) is 19.5. The van der Waals surface area contributed by atoms with E-state index >= 15 is 0 Å². The fourth-order valence-corrected chi connectivity index (χ4v) is 3.43. The summed E-state index contributed by atoms with van der Waals surface area (Å²) in [6, 6.07) is 0.987. The molecule has 4 atom stereocenters. The Hall–Kier alpha value is -4.50. The van der Waals surface area contributed by atoms with Crippen molar-refractivity contribution in [3.05, 3.63) is 36.0 Å². The number of H-pyrrole nitrogens is 1. The second-order valence-electron chi connectivity index (χ2n) is 8.14. The van der Waals surface area contributed by atoms with Gasteiger partial charge >= 0.3 is 11.9 Å². The van der Waals surface area contributed by atoms with Gasteiger partial charge in [-0.25, -0.2) is 4.79 Å². The van der Waals surface area contributed by atoms with Crippen molar-refractivity contribution in [3.8, 4) is 0 Å². The Labute approximate surface area is 209 Å². The number of primary amides is 1. The van der Waals surface area contributed by atoms with Crippen LogP contribution in [-0.4, -0.2) is 86.6 Å². The van der Waals surface area contributed by atoms with Crippen LogP contribution in [0.1, 0.15) is 18.4 Å². The van der Waals surface area contributed by atoms with Gasteiger partial charge in [-0.1, -0.05) is 18.2 Å². The van der Waals surface area contributed by atoms with Crippen LogP contribution in [0.4, 0.5) is 0 Å². The average molecular weight is 520 g/mol. The molecule has 15 nitrogen and oxygen atoms in total. The standard InChI is InChI=1S/C22H28N6O9/c23-12(5-10-8-25-13-4-2-1-3-11(10)13)19(33)26-14(7-18(31)32)20(34)28-16(9-29)21(35)27-15(22(36)37)6-17(24)30/h1-4,8,12,14-16,25,29H,5-7,9,23H2,(H2,24,30)(H,26,33)(H,27,35)(H,28,34)(H,31,32)(H,36,37). The highest BCUT2D eigenvalue weighted by atomic mass is 16.4. The number of aromatic amines is 1. The maximum atomic E-state index is 12.7. The fourth-order valence-electron chi connectivity index (χ4n) is 3.43. The number of aliphatic hydroxyl groups is 1. The Morgan fingerprint density at radius 3 is 2.05 bits per heavy atom. The van der Waals surface area contributed by atoms with E-state index in [0.717, 1.165) is 16.5 Å². The molecule has 15 heteroatoms. The number of nitrogens with one attached hydrogen (secondary N) is 4. The fraction of sp³-hybridized carbons (Fsp3) is 0.364. The molecule has 200 valence electrons. The van der Waals surface area contributed by atoms with E-state index in [2.05, 4.69) is 10.3 Å². The first-order chi connectivity index (χ1) is 17.4. The number of para-hydroxylation sites is 1. The second-order valence-corrected chi connectivity index (χ2v) is 8.14. The van der Waals surface area contributed by atoms with Gasteiger partial charge in [-0.3, -0.25) is 24.0 Å². The SMILES string of the molecule is NC(=O)CC(NC(=O)C(CO)NC(=O)C(CC(=O)O)NC(=O)C(N)Cc1c[nH]c2ccccc12)C(=O)O. The van der Waals surface area contributed by atoms with Crippen molar-refractivity contribution in [1.82, 2.24) is 20.9 Å². The molecular weight excluding hydrogens is 492 g/mol. The predicted octanol–water partition coefficient (Wildman–Crippen LogP) is -3.08. The molecule has 0 fully saturated rings. The highest BCUT2D eigenvalue weighted by molar-refractivity contribution is 5.96. The maximum absolute atomic E-state index is 12.7. The lowest BCUT2D eigenvalue weighted by Gasteiger charge is -2.23. The molecule has 0 aliphatic carbocycles. The van der Waals surface area contributed by atoms with Crippen molar-refractivity contribution in [1.29, 1.82) is 0 Å². The highest BCUT2D eigenvalue weighted by Gasteiger charge is 2.31. The Kier molecular flexibility index (Phi) is 10.1. The van der Waals surface area contributed by atoms with Crippen LogP contribution in [0.3, 0.4) is 0 Å². The van der Waals surface area contributed by atoms with E-state index in [0.29, 0.717) is 0 Å². The maximum Gasteiger partial charge on any atom is 0.326 e. The van der Waals surface area contributed by atoms with Crippen LogP contribution in [0.15, 0.2) is 30.5 Å². The monoisotopic (exact) mass is 520 g/mol. The molecule has 4 amide bonds. The minimum absolute atomic E-state index is 0.0648. The van der Waals surface area contributed by atoms with E-state index in [1.807, 2.05) is 28.8 Å². The average Bonchev–Trinajstić information content (AvgIpc) is 3.23. The van der Waals surface area contributed by atoms with Gasteiger partial charge < -0.3 is 47.7 Å². The van der Waals surface area contributed by atoms with Crippen molar-refractivity contribution in [2.75, 3.05) is 6.61 Å². The zero-order valence-electron chi connectivity index (χ0n) is 19.5. The van der Waals surface area contributed by atoms with E-state index in [4.69, 9.17) is 16.6 Å². The van der Waals surface area contributed by atoms with E-state index in [1.54, 1.807) is 12.3 Å². The van der Waals surface area contributed by atoms with Crippen LogP contribution in [-0.2, 0) is 35.2 Å². The molecule has 1 aromatic heterocycles. The van der Waals surface area contributed by atoms with Crippen molar-refractivity contribution < 1.29 is 44.1 Å². The lowest BCUT2D eigenvalue weighted by atomic mass is 10.0. The first-order valence-electron chi connectivity index (χ1n) is 11.0. The topological polar surface area (TPSA) is 267 Å². The molecule has 37 heavy (non-hydrogen) atoms. The predicted molar refractivity (Wildman–Crippen MR) is 127 cm³/mol. The number of aliphatic carboxylic acids is 2. The summed E-state index contributed by atoms with van der Waals surface area (Å²) in [5, 5.41) is 34.8. The molecule has 2 rings (SSSR count). The zero-order chi connectivity index (χ0) is 27.7. The third kappa shape index (κ3) is 8.29. The second kappa shape index (κ2) is 13.0. The van der Waals surface area contributed by atoms with Crippen molar-refractivity contribution in [2.24, 2.45) is 11.5 Å². The Balaban J connectivity index is 2.07. The summed E-state index contributed by atoms with van der Waals surface area (Å²) in [6.07, 6.45) is 0.109. The van der Waals surface area contributed by atoms with Crippen LogP contribution in [0, 0.1) is 0 Å². The van der Waals surface area contributed by atoms with Gasteiger partial charge in [-0.2, -0.15) is 0 Å². The summed E-state index contributed by atoms with van der Waals surface area (Å²) in [6.45, 7) is -1.01. The van der Waals surface area contributed by atoms with Gasteiger partial charge in [0.15, 0.2) is 0 Å². The van der Waals surface area contributed by atoms with Gasteiger partial charge in [-0.05, 0) is 18.1 Å². The highest BCUT2D eigenvalue weighted by Crippen LogP contribution is 2.18. The summed E-state index contributed by atoms with van der Waals surface area (Å²) >= 11 is 0. The van der Waals surface area contributed by atoms with E-state index < -0.39 is 79.2 Å². The van der Waals surface area contributed by atoms with Gasteiger partial charge in [0, 0.05) is 17.1 Å². The Morgan fingerprint density at radius 2 is 1.46 bits per heavy atom. The van der Waals surface area contributed by atoms with Gasteiger partial charge in [-0.15, -0.1) is 0 Å². The first-order valence-corrected chi connectivity index (χ1v) is 11.0. The number of carbonyl (C=O) groups is 6. The van der Waals surface area contributed by atoms with Gasteiger partial charge in [0.2, 0.25) is 23.6 Å².